The predicted molar refractivity (Wildman–Crippen MR) is 163 cm³/mol. The quantitative estimate of drug-likeness (QED) is 0.185. The predicted octanol–water partition coefficient (Wildman–Crippen LogP) is 10.2. The third-order valence-corrected chi connectivity index (χ3v) is 9.04. The number of sulfone groups is 1. The lowest BCUT2D eigenvalue weighted by molar-refractivity contribution is -0.288. The van der Waals surface area contributed by atoms with Crippen LogP contribution in [0.2, 0.25) is 0 Å². The van der Waals surface area contributed by atoms with Gasteiger partial charge in [0.1, 0.15) is 22.8 Å². The molecule has 0 amide bonds. The molecule has 0 unspecified atom stereocenters. The van der Waals surface area contributed by atoms with Gasteiger partial charge in [-0.05, 0) is 104 Å². The molecule has 0 radical (unpaired) electrons. The standard InChI is InChI=1S/C35H34F6O4S/c1-31(2,3)23-11-19-29(20-12-23)46(42,43)30-21-17-27(18-22-30)44-26-13-7-24(8-14-26)33(34(36,37)38,35(39,40)41)25-9-15-28(16-10-25)45-32(4,5)6/h7-22H,1-6H3. The normalized spacial score (nSPS) is 13.4. The molecule has 0 N–H and O–H groups in total. The summed E-state index contributed by atoms with van der Waals surface area (Å²) in [5.41, 5.74) is -6.31. The molecule has 0 bridgehead atoms. The maximum Gasteiger partial charge on any atom is 0.411 e. The van der Waals surface area contributed by atoms with E-state index >= 15 is 0 Å². The lowest BCUT2D eigenvalue weighted by Gasteiger charge is -2.38. The minimum Gasteiger partial charge on any atom is -0.488 e. The summed E-state index contributed by atoms with van der Waals surface area (Å²) in [6.07, 6.45) is -11.5. The summed E-state index contributed by atoms with van der Waals surface area (Å²) in [4.78, 5) is 0.0803. The Labute approximate surface area is 264 Å². The van der Waals surface area contributed by atoms with E-state index in [-0.39, 0.29) is 32.5 Å². The van der Waals surface area contributed by atoms with E-state index in [4.69, 9.17) is 9.47 Å². The maximum absolute atomic E-state index is 14.6. The molecule has 0 aliphatic heterocycles. The van der Waals surface area contributed by atoms with Crippen LogP contribution in [-0.4, -0.2) is 26.4 Å². The van der Waals surface area contributed by atoms with Crippen LogP contribution in [0.25, 0.3) is 0 Å². The highest BCUT2D eigenvalue weighted by atomic mass is 32.2. The number of halogens is 6. The zero-order valence-electron chi connectivity index (χ0n) is 26.0. The van der Waals surface area contributed by atoms with Crippen molar-refractivity contribution in [3.05, 3.63) is 114 Å². The number of alkyl halides is 6. The molecule has 0 aliphatic carbocycles. The van der Waals surface area contributed by atoms with E-state index in [1.54, 1.807) is 32.9 Å². The minimum absolute atomic E-state index is 0.0160. The third kappa shape index (κ3) is 7.04. The van der Waals surface area contributed by atoms with Gasteiger partial charge in [-0.1, -0.05) is 57.2 Å². The van der Waals surface area contributed by atoms with Gasteiger partial charge in [0.25, 0.3) is 0 Å². The Morgan fingerprint density at radius 3 is 1.15 bits per heavy atom. The van der Waals surface area contributed by atoms with Crippen molar-refractivity contribution in [1.82, 2.24) is 0 Å². The molecular formula is C35H34F6O4S. The average Bonchev–Trinajstić information content (AvgIpc) is 2.93. The van der Waals surface area contributed by atoms with Crippen molar-refractivity contribution in [3.63, 3.8) is 0 Å². The zero-order valence-corrected chi connectivity index (χ0v) is 26.9. The fourth-order valence-electron chi connectivity index (χ4n) is 4.97. The van der Waals surface area contributed by atoms with Gasteiger partial charge < -0.3 is 9.47 Å². The Kier molecular flexibility index (Phi) is 9.09. The van der Waals surface area contributed by atoms with E-state index in [1.807, 2.05) is 20.8 Å². The van der Waals surface area contributed by atoms with E-state index in [1.165, 1.54) is 36.4 Å². The van der Waals surface area contributed by atoms with E-state index in [0.717, 1.165) is 54.1 Å². The first-order valence-corrected chi connectivity index (χ1v) is 15.7. The SMILES string of the molecule is CC(C)(C)Oc1ccc(C(c2ccc(Oc3ccc(S(=O)(=O)c4ccc(C(C)(C)C)cc4)cc3)cc2)(C(F)(F)F)C(F)(F)F)cc1. The minimum atomic E-state index is -5.76. The number of rotatable bonds is 7. The van der Waals surface area contributed by atoms with Crippen LogP contribution in [0.4, 0.5) is 26.3 Å². The Morgan fingerprint density at radius 1 is 0.478 bits per heavy atom. The Morgan fingerprint density at radius 2 is 0.804 bits per heavy atom. The van der Waals surface area contributed by atoms with Crippen LogP contribution in [0.1, 0.15) is 58.2 Å². The smallest absolute Gasteiger partial charge is 0.411 e. The van der Waals surface area contributed by atoms with Crippen LogP contribution in [0.5, 0.6) is 17.2 Å². The number of hydrogen-bond acceptors (Lipinski definition) is 4. The van der Waals surface area contributed by atoms with Gasteiger partial charge in [0, 0.05) is 0 Å². The molecule has 0 heterocycles. The topological polar surface area (TPSA) is 52.6 Å². The first-order chi connectivity index (χ1) is 21.1. The van der Waals surface area contributed by atoms with Crippen LogP contribution in [0.15, 0.2) is 107 Å². The molecule has 0 saturated heterocycles. The van der Waals surface area contributed by atoms with Gasteiger partial charge in [-0.25, -0.2) is 8.42 Å². The van der Waals surface area contributed by atoms with E-state index < -0.39 is 44.3 Å². The molecule has 0 aromatic heterocycles. The highest BCUT2D eigenvalue weighted by Crippen LogP contribution is 2.56. The third-order valence-electron chi connectivity index (χ3n) is 7.25. The molecule has 0 atom stereocenters. The van der Waals surface area contributed by atoms with Gasteiger partial charge in [0.05, 0.1) is 9.79 Å². The summed E-state index contributed by atoms with van der Waals surface area (Å²) in [6, 6.07) is 19.0. The number of benzene rings is 4. The highest BCUT2D eigenvalue weighted by Gasteiger charge is 2.72. The monoisotopic (exact) mass is 664 g/mol. The van der Waals surface area contributed by atoms with Gasteiger partial charge in [-0.2, -0.15) is 26.3 Å². The second-order valence-electron chi connectivity index (χ2n) is 12.9. The number of ether oxygens (including phenoxy) is 2. The van der Waals surface area contributed by atoms with Crippen LogP contribution in [0, 0.1) is 0 Å². The van der Waals surface area contributed by atoms with Crippen LogP contribution < -0.4 is 9.47 Å². The number of hydrogen-bond donors (Lipinski definition) is 0. The summed E-state index contributed by atoms with van der Waals surface area (Å²) < 4.78 is 125. The molecule has 4 aromatic rings. The summed E-state index contributed by atoms with van der Waals surface area (Å²) in [6.45, 7) is 11.1. The van der Waals surface area contributed by atoms with E-state index in [0.29, 0.717) is 0 Å². The molecule has 4 aromatic carbocycles. The van der Waals surface area contributed by atoms with Gasteiger partial charge in [0.15, 0.2) is 0 Å². The van der Waals surface area contributed by atoms with Crippen molar-refractivity contribution in [3.8, 4) is 17.2 Å². The summed E-state index contributed by atoms with van der Waals surface area (Å²) in [5.74, 6) is 0.196. The summed E-state index contributed by atoms with van der Waals surface area (Å²) >= 11 is 0. The largest absolute Gasteiger partial charge is 0.488 e. The maximum atomic E-state index is 14.6. The lowest BCUT2D eigenvalue weighted by Crippen LogP contribution is -2.54. The Balaban J connectivity index is 1.62. The molecule has 0 saturated carbocycles. The summed E-state index contributed by atoms with van der Waals surface area (Å²) in [7, 11) is -3.86. The van der Waals surface area contributed by atoms with Crippen molar-refractivity contribution in [1.29, 1.82) is 0 Å². The van der Waals surface area contributed by atoms with Gasteiger partial charge >= 0.3 is 12.4 Å². The first kappa shape index (κ1) is 34.9. The van der Waals surface area contributed by atoms with Crippen molar-refractivity contribution in [2.75, 3.05) is 0 Å². The van der Waals surface area contributed by atoms with E-state index in [9.17, 15) is 34.8 Å². The zero-order chi connectivity index (χ0) is 34.3. The first-order valence-electron chi connectivity index (χ1n) is 14.2. The lowest BCUT2D eigenvalue weighted by atomic mass is 9.73. The second-order valence-corrected chi connectivity index (χ2v) is 14.8. The van der Waals surface area contributed by atoms with Crippen LogP contribution in [-0.2, 0) is 20.7 Å². The fraction of sp³-hybridized carbons (Fsp3) is 0.314. The van der Waals surface area contributed by atoms with Gasteiger partial charge in [0.2, 0.25) is 15.3 Å². The highest BCUT2D eigenvalue weighted by molar-refractivity contribution is 7.91. The van der Waals surface area contributed by atoms with Crippen molar-refractivity contribution < 1.29 is 44.2 Å². The Hall–Kier alpha value is -3.99. The van der Waals surface area contributed by atoms with Gasteiger partial charge in [-0.15, -0.1) is 0 Å². The van der Waals surface area contributed by atoms with E-state index in [2.05, 4.69) is 0 Å². The molecule has 0 spiro atoms. The molecule has 0 aliphatic rings. The van der Waals surface area contributed by atoms with Crippen molar-refractivity contribution in [2.45, 2.75) is 80.1 Å². The van der Waals surface area contributed by atoms with Crippen LogP contribution in [0.3, 0.4) is 0 Å². The molecule has 246 valence electrons. The molecule has 46 heavy (non-hydrogen) atoms. The van der Waals surface area contributed by atoms with Crippen molar-refractivity contribution >= 4 is 9.84 Å². The molecule has 4 nitrogen and oxygen atoms in total. The second kappa shape index (κ2) is 12.0. The fourth-order valence-corrected chi connectivity index (χ4v) is 6.24. The van der Waals surface area contributed by atoms with Crippen LogP contribution >= 0.6 is 0 Å². The average molecular weight is 665 g/mol. The van der Waals surface area contributed by atoms with Crippen molar-refractivity contribution in [2.24, 2.45) is 0 Å². The molecule has 0 fully saturated rings. The molecule has 11 heteroatoms. The summed E-state index contributed by atoms with van der Waals surface area (Å²) in [5, 5.41) is 0. The van der Waals surface area contributed by atoms with Gasteiger partial charge in [-0.3, -0.25) is 0 Å². The Bertz CT molecular complexity index is 1730. The molecule has 4 rings (SSSR count). The molecular weight excluding hydrogens is 630 g/mol.